The fourth-order valence-corrected chi connectivity index (χ4v) is 4.85. The van der Waals surface area contributed by atoms with E-state index in [1.54, 1.807) is 0 Å². The van der Waals surface area contributed by atoms with Gasteiger partial charge in [-0.25, -0.2) is 18.7 Å². The van der Waals surface area contributed by atoms with Crippen LogP contribution < -0.4 is 4.90 Å². The molecule has 2 aliphatic rings. The average Bonchev–Trinajstić information content (AvgIpc) is 2.91. The zero-order chi connectivity index (χ0) is 18.6. The number of benzene rings is 1. The molecule has 6 heteroatoms. The quantitative estimate of drug-likeness (QED) is 0.627. The molecule has 2 aliphatic heterocycles. The second-order valence-corrected chi connectivity index (χ2v) is 8.28. The first-order valence-electron chi connectivity index (χ1n) is 9.13. The summed E-state index contributed by atoms with van der Waals surface area (Å²) in [4.78, 5) is 9.97. The fraction of sp³-hybridized carbons (Fsp3) is 0.500. The zero-order valence-electron chi connectivity index (χ0n) is 15.2. The molecular weight excluding hydrogens is 356 g/mol. The summed E-state index contributed by atoms with van der Waals surface area (Å²) in [6.45, 7) is 6.48. The van der Waals surface area contributed by atoms with Crippen LogP contribution in [0.5, 0.6) is 0 Å². The molecule has 0 radical (unpaired) electrons. The van der Waals surface area contributed by atoms with E-state index in [2.05, 4.69) is 35.6 Å². The van der Waals surface area contributed by atoms with Gasteiger partial charge in [0.1, 0.15) is 11.5 Å². The highest BCUT2D eigenvalue weighted by Crippen LogP contribution is 2.51. The van der Waals surface area contributed by atoms with Crippen LogP contribution in [0, 0.1) is 11.6 Å². The number of nitrogens with zero attached hydrogens (tertiary/aromatic N) is 3. The lowest BCUT2D eigenvalue weighted by atomic mass is 9.82. The zero-order valence-corrected chi connectivity index (χ0v) is 15.9. The minimum atomic E-state index is -0.603. The van der Waals surface area contributed by atoms with Crippen molar-refractivity contribution in [2.75, 3.05) is 4.90 Å². The van der Waals surface area contributed by atoms with E-state index in [1.165, 1.54) is 6.07 Å². The summed E-state index contributed by atoms with van der Waals surface area (Å²) in [5, 5.41) is -0.0506. The number of halogens is 3. The first-order chi connectivity index (χ1) is 12.3. The number of aromatic nitrogens is 2. The second kappa shape index (κ2) is 6.15. The lowest BCUT2D eigenvalue weighted by Crippen LogP contribution is -2.46. The average molecular weight is 378 g/mol. The van der Waals surface area contributed by atoms with Gasteiger partial charge in [-0.05, 0) is 69.2 Å². The third-order valence-corrected chi connectivity index (χ3v) is 6.10. The van der Waals surface area contributed by atoms with E-state index < -0.39 is 5.82 Å². The topological polar surface area (TPSA) is 29.0 Å². The largest absolute Gasteiger partial charge is 0.363 e. The van der Waals surface area contributed by atoms with E-state index in [1.807, 2.05) is 6.07 Å². The van der Waals surface area contributed by atoms with Gasteiger partial charge in [-0.2, -0.15) is 0 Å². The lowest BCUT2D eigenvalue weighted by molar-refractivity contribution is 0.430. The Balaban J connectivity index is 1.94. The van der Waals surface area contributed by atoms with Gasteiger partial charge in [-0.15, -0.1) is 0 Å². The van der Waals surface area contributed by atoms with Crippen molar-refractivity contribution in [2.24, 2.45) is 0 Å². The van der Waals surface area contributed by atoms with E-state index in [0.29, 0.717) is 11.6 Å². The highest BCUT2D eigenvalue weighted by atomic mass is 35.5. The van der Waals surface area contributed by atoms with Gasteiger partial charge in [-0.1, -0.05) is 6.92 Å². The molecule has 2 unspecified atom stereocenters. The van der Waals surface area contributed by atoms with Crippen LogP contribution in [0.25, 0.3) is 11.3 Å². The van der Waals surface area contributed by atoms with Crippen molar-refractivity contribution in [3.63, 3.8) is 0 Å². The van der Waals surface area contributed by atoms with Crippen molar-refractivity contribution in [3.8, 4) is 11.3 Å². The van der Waals surface area contributed by atoms with Crippen molar-refractivity contribution < 1.29 is 8.78 Å². The first-order valence-corrected chi connectivity index (χ1v) is 9.51. The molecule has 3 heterocycles. The molecule has 0 spiro atoms. The number of fused-ring (bicyclic) bond motifs is 3. The van der Waals surface area contributed by atoms with Crippen LogP contribution in [0.15, 0.2) is 18.3 Å². The van der Waals surface area contributed by atoms with Crippen molar-refractivity contribution in [1.82, 2.24) is 9.97 Å². The minimum absolute atomic E-state index is 0.0406. The maximum Gasteiger partial charge on any atom is 0.223 e. The Morgan fingerprint density at radius 3 is 2.77 bits per heavy atom. The predicted molar refractivity (Wildman–Crippen MR) is 99.6 cm³/mol. The Kier molecular flexibility index (Phi) is 4.18. The van der Waals surface area contributed by atoms with Crippen LogP contribution in [0.2, 0.25) is 5.28 Å². The summed E-state index contributed by atoms with van der Waals surface area (Å²) in [6.07, 6.45) is 5.05. The maximum atomic E-state index is 15.2. The van der Waals surface area contributed by atoms with Crippen LogP contribution in [-0.4, -0.2) is 21.5 Å². The second-order valence-electron chi connectivity index (χ2n) is 7.94. The number of hydrogen-bond acceptors (Lipinski definition) is 3. The molecule has 1 saturated heterocycles. The number of hydrogen-bond donors (Lipinski definition) is 0. The van der Waals surface area contributed by atoms with Gasteiger partial charge in [0.15, 0.2) is 5.82 Å². The Bertz CT molecular complexity index is 868. The van der Waals surface area contributed by atoms with E-state index >= 15 is 4.39 Å². The molecule has 1 aromatic heterocycles. The van der Waals surface area contributed by atoms with Gasteiger partial charge in [0.25, 0.3) is 0 Å². The highest BCUT2D eigenvalue weighted by Gasteiger charge is 2.45. The summed E-state index contributed by atoms with van der Waals surface area (Å²) < 4.78 is 29.4. The van der Waals surface area contributed by atoms with Gasteiger partial charge in [-0.3, -0.25) is 0 Å². The molecule has 26 heavy (non-hydrogen) atoms. The Morgan fingerprint density at radius 2 is 2.04 bits per heavy atom. The summed E-state index contributed by atoms with van der Waals surface area (Å²) in [5.74, 6) is -0.707. The van der Waals surface area contributed by atoms with E-state index in [4.69, 9.17) is 11.6 Å². The van der Waals surface area contributed by atoms with Gasteiger partial charge in [0.05, 0.1) is 6.20 Å². The molecule has 0 saturated carbocycles. The molecule has 3 nitrogen and oxygen atoms in total. The number of rotatable bonds is 2. The Hall–Kier alpha value is -1.75. The molecule has 0 N–H and O–H groups in total. The summed E-state index contributed by atoms with van der Waals surface area (Å²) in [7, 11) is 0. The van der Waals surface area contributed by atoms with E-state index in [9.17, 15) is 4.39 Å². The van der Waals surface area contributed by atoms with Crippen molar-refractivity contribution in [3.05, 3.63) is 40.8 Å². The SMILES string of the molecule is CCC1CC2CCC(C)(C)N2c2cc(-c3nc(Cl)ncc3F)cc(F)c21. The van der Waals surface area contributed by atoms with Gasteiger partial charge < -0.3 is 4.90 Å². The molecule has 138 valence electrons. The molecule has 1 aromatic carbocycles. The molecule has 0 aliphatic carbocycles. The third kappa shape index (κ3) is 2.68. The molecule has 2 aromatic rings. The summed E-state index contributed by atoms with van der Waals surface area (Å²) in [5.41, 5.74) is 2.02. The van der Waals surface area contributed by atoms with E-state index in [-0.39, 0.29) is 28.3 Å². The monoisotopic (exact) mass is 377 g/mol. The Morgan fingerprint density at radius 1 is 1.27 bits per heavy atom. The van der Waals surface area contributed by atoms with Crippen molar-refractivity contribution in [2.45, 2.75) is 64.0 Å². The van der Waals surface area contributed by atoms with Crippen LogP contribution in [0.4, 0.5) is 14.5 Å². The molecular formula is C20H22ClF2N3. The normalized spacial score (nSPS) is 23.7. The lowest BCUT2D eigenvalue weighted by Gasteiger charge is -2.45. The molecule has 0 amide bonds. The van der Waals surface area contributed by atoms with Crippen LogP contribution in [0.1, 0.15) is 57.9 Å². The van der Waals surface area contributed by atoms with Crippen LogP contribution in [-0.2, 0) is 0 Å². The van der Waals surface area contributed by atoms with Crippen LogP contribution >= 0.6 is 11.6 Å². The van der Waals surface area contributed by atoms with Crippen molar-refractivity contribution in [1.29, 1.82) is 0 Å². The third-order valence-electron chi connectivity index (χ3n) is 5.92. The van der Waals surface area contributed by atoms with Gasteiger partial charge in [0.2, 0.25) is 5.28 Å². The molecule has 4 rings (SSSR count). The predicted octanol–water partition coefficient (Wildman–Crippen LogP) is 5.72. The Labute approximate surface area is 157 Å². The molecule has 1 fully saturated rings. The van der Waals surface area contributed by atoms with Crippen LogP contribution in [0.3, 0.4) is 0 Å². The summed E-state index contributed by atoms with van der Waals surface area (Å²) in [6, 6.07) is 3.66. The minimum Gasteiger partial charge on any atom is -0.363 e. The molecule has 2 atom stereocenters. The van der Waals surface area contributed by atoms with Gasteiger partial charge in [0, 0.05) is 28.4 Å². The van der Waals surface area contributed by atoms with E-state index in [0.717, 1.165) is 43.1 Å². The highest BCUT2D eigenvalue weighted by molar-refractivity contribution is 6.28. The maximum absolute atomic E-state index is 15.2. The van der Waals surface area contributed by atoms with Crippen molar-refractivity contribution >= 4 is 17.3 Å². The standard InChI is InChI=1S/C20H22ClF2N3/c1-4-11-7-13-5-6-20(2,3)26(13)16-9-12(8-14(22)17(11)16)18-15(23)10-24-19(21)25-18/h8-11,13H,4-7H2,1-3H3. The first kappa shape index (κ1) is 17.7. The number of anilines is 1. The fourth-order valence-electron chi connectivity index (χ4n) is 4.72. The molecule has 0 bridgehead atoms. The smallest absolute Gasteiger partial charge is 0.223 e. The summed E-state index contributed by atoms with van der Waals surface area (Å²) >= 11 is 5.84. The van der Waals surface area contributed by atoms with Gasteiger partial charge >= 0.3 is 0 Å².